The van der Waals surface area contributed by atoms with E-state index in [2.05, 4.69) is 0 Å². The molecular formula is C19H29N3O5. The van der Waals surface area contributed by atoms with Crippen LogP contribution in [-0.2, 0) is 4.79 Å². The van der Waals surface area contributed by atoms with Gasteiger partial charge in [0.2, 0.25) is 0 Å². The number of likely N-dealkylation sites (tertiary alicyclic amines) is 1. The van der Waals surface area contributed by atoms with Crippen LogP contribution in [0.5, 0.6) is 0 Å². The number of carboxylic acid groups (broad SMARTS) is 1. The van der Waals surface area contributed by atoms with Crippen LogP contribution in [0.3, 0.4) is 0 Å². The molecule has 1 atom stereocenters. The number of quaternary nitrogens is 1. The summed E-state index contributed by atoms with van der Waals surface area (Å²) in [5, 5.41) is 22.1. The minimum atomic E-state index is -1.05. The Morgan fingerprint density at radius 2 is 1.81 bits per heavy atom. The van der Waals surface area contributed by atoms with Crippen LogP contribution in [-0.4, -0.2) is 34.8 Å². The van der Waals surface area contributed by atoms with Crippen molar-refractivity contribution >= 4 is 17.6 Å². The van der Waals surface area contributed by atoms with Crippen molar-refractivity contribution in [2.24, 2.45) is 17.3 Å². The predicted octanol–water partition coefficient (Wildman–Crippen LogP) is 2.54. The van der Waals surface area contributed by atoms with Crippen LogP contribution in [0.15, 0.2) is 18.2 Å². The van der Waals surface area contributed by atoms with E-state index in [0.29, 0.717) is 24.2 Å². The van der Waals surface area contributed by atoms with E-state index in [1.807, 2.05) is 13.8 Å². The third-order valence-electron chi connectivity index (χ3n) is 5.96. The maximum atomic E-state index is 12.8. The van der Waals surface area contributed by atoms with Gasteiger partial charge in [-0.1, -0.05) is 20.8 Å². The van der Waals surface area contributed by atoms with E-state index in [0.717, 1.165) is 12.8 Å². The third-order valence-corrected chi connectivity index (χ3v) is 5.96. The number of amides is 1. The van der Waals surface area contributed by atoms with Crippen molar-refractivity contribution in [1.29, 1.82) is 0 Å². The topological polar surface area (TPSA) is 140 Å². The molecule has 1 fully saturated rings. The molecule has 150 valence electrons. The second-order valence-electron chi connectivity index (χ2n) is 7.68. The number of hydrogen-bond donors (Lipinski definition) is 1. The van der Waals surface area contributed by atoms with Gasteiger partial charge in [-0.2, -0.15) is 0 Å². The lowest BCUT2D eigenvalue weighted by atomic mass is 9.66. The van der Waals surface area contributed by atoms with E-state index in [1.165, 1.54) is 18.2 Å². The number of aryl methyl sites for hydroxylation is 1. The fraction of sp³-hybridized carbons (Fsp3) is 0.579. The molecular weight excluding hydrogens is 350 g/mol. The minimum absolute atomic E-state index is 0. The predicted molar refractivity (Wildman–Crippen MR) is 100 cm³/mol. The first-order valence-corrected chi connectivity index (χ1v) is 8.81. The fourth-order valence-electron chi connectivity index (χ4n) is 3.66. The van der Waals surface area contributed by atoms with E-state index in [-0.39, 0.29) is 23.7 Å². The zero-order chi connectivity index (χ0) is 19.6. The Hall–Kier alpha value is -2.48. The van der Waals surface area contributed by atoms with Crippen LogP contribution in [0.2, 0.25) is 0 Å². The van der Waals surface area contributed by atoms with Crippen LogP contribution in [0.4, 0.5) is 5.69 Å². The number of aliphatic carboxylic acids is 1. The summed E-state index contributed by atoms with van der Waals surface area (Å²) in [6, 6.07) is 4.26. The van der Waals surface area contributed by atoms with E-state index in [1.54, 1.807) is 18.7 Å². The Bertz CT molecular complexity index is 724. The highest BCUT2D eigenvalue weighted by Gasteiger charge is 2.38. The van der Waals surface area contributed by atoms with Gasteiger partial charge >= 0.3 is 0 Å². The van der Waals surface area contributed by atoms with Gasteiger partial charge in [-0.3, -0.25) is 14.9 Å². The first-order valence-electron chi connectivity index (χ1n) is 8.81. The summed E-state index contributed by atoms with van der Waals surface area (Å²) in [5.41, 5.74) is 0.612. The largest absolute Gasteiger partial charge is 0.550 e. The average Bonchev–Trinajstić information content (AvgIpc) is 2.60. The van der Waals surface area contributed by atoms with Gasteiger partial charge in [-0.25, -0.2) is 0 Å². The third kappa shape index (κ3) is 4.63. The number of nitro benzene ring substituents is 1. The molecule has 1 heterocycles. The van der Waals surface area contributed by atoms with E-state index in [4.69, 9.17) is 0 Å². The molecule has 1 unspecified atom stereocenters. The summed E-state index contributed by atoms with van der Waals surface area (Å²) in [6.45, 7) is 8.34. The van der Waals surface area contributed by atoms with Crippen LogP contribution in [0.1, 0.15) is 49.5 Å². The normalized spacial score (nSPS) is 16.4. The Kier molecular flexibility index (Phi) is 7.08. The Morgan fingerprint density at radius 3 is 2.26 bits per heavy atom. The molecule has 4 N–H and O–H groups in total. The summed E-state index contributed by atoms with van der Waals surface area (Å²) in [7, 11) is 0. The van der Waals surface area contributed by atoms with E-state index >= 15 is 0 Å². The van der Waals surface area contributed by atoms with Gasteiger partial charge in [0, 0.05) is 42.7 Å². The number of nitrogens with zero attached hydrogens (tertiary/aromatic N) is 2. The molecule has 0 bridgehead atoms. The van der Waals surface area contributed by atoms with Crippen molar-refractivity contribution in [1.82, 2.24) is 11.1 Å². The standard InChI is InChI=1S/C19H26N2O5.H3N/c1-12-11-15(21(25)26)5-6-16(12)17(22)20-9-7-14(8-10-20)19(3,4)13(2)18(23)24;/h5-6,11,13-14H,7-10H2,1-4H3,(H,23,24);1H3. The molecule has 0 aliphatic carbocycles. The van der Waals surface area contributed by atoms with E-state index in [9.17, 15) is 24.8 Å². The van der Waals surface area contributed by atoms with Gasteiger partial charge in [0.15, 0.2) is 0 Å². The molecule has 1 amide bonds. The molecule has 2 rings (SSSR count). The SMILES string of the molecule is Cc1cc([N+](=O)[O-])ccc1C(=O)N1CCC(C(C)(C)C(C)C(=O)[O-])CC1.[NH4+]. The van der Waals surface area contributed by atoms with Crippen LogP contribution in [0.25, 0.3) is 0 Å². The zero-order valence-electron chi connectivity index (χ0n) is 16.7. The lowest BCUT2D eigenvalue weighted by Gasteiger charge is -2.44. The van der Waals surface area contributed by atoms with Crippen LogP contribution in [0, 0.1) is 34.3 Å². The molecule has 0 radical (unpaired) electrons. The Labute approximate surface area is 159 Å². The smallest absolute Gasteiger partial charge is 0.269 e. The van der Waals surface area contributed by atoms with Crippen molar-refractivity contribution in [3.63, 3.8) is 0 Å². The number of benzene rings is 1. The molecule has 27 heavy (non-hydrogen) atoms. The number of piperidine rings is 1. The Morgan fingerprint density at radius 1 is 1.26 bits per heavy atom. The van der Waals surface area contributed by atoms with Gasteiger partial charge in [-0.15, -0.1) is 0 Å². The summed E-state index contributed by atoms with van der Waals surface area (Å²) in [6.07, 6.45) is 1.45. The van der Waals surface area contributed by atoms with Crippen molar-refractivity contribution in [3.05, 3.63) is 39.4 Å². The van der Waals surface area contributed by atoms with Crippen molar-refractivity contribution in [3.8, 4) is 0 Å². The van der Waals surface area contributed by atoms with Gasteiger partial charge in [-0.05, 0) is 42.7 Å². The van der Waals surface area contributed by atoms with Crippen LogP contribution >= 0.6 is 0 Å². The molecule has 1 aromatic rings. The second-order valence-corrected chi connectivity index (χ2v) is 7.68. The first-order chi connectivity index (χ1) is 12.1. The quantitative estimate of drug-likeness (QED) is 0.618. The Balaban J connectivity index is 0.00000364. The lowest BCUT2D eigenvalue weighted by Crippen LogP contribution is -2.47. The number of non-ortho nitro benzene ring substituents is 1. The summed E-state index contributed by atoms with van der Waals surface area (Å²) >= 11 is 0. The molecule has 1 aliphatic heterocycles. The van der Waals surface area contributed by atoms with E-state index < -0.39 is 22.2 Å². The number of nitro groups is 1. The molecule has 1 aliphatic rings. The highest BCUT2D eigenvalue weighted by Crippen LogP contribution is 2.41. The number of hydrogen-bond acceptors (Lipinski definition) is 5. The van der Waals surface area contributed by atoms with Gasteiger partial charge in [0.25, 0.3) is 11.6 Å². The minimum Gasteiger partial charge on any atom is -0.550 e. The van der Waals surface area contributed by atoms with Crippen molar-refractivity contribution in [2.75, 3.05) is 13.1 Å². The first kappa shape index (κ1) is 22.6. The van der Waals surface area contributed by atoms with Crippen LogP contribution < -0.4 is 11.3 Å². The maximum absolute atomic E-state index is 12.8. The lowest BCUT2D eigenvalue weighted by molar-refractivity contribution is -0.384. The molecule has 0 saturated carbocycles. The van der Waals surface area contributed by atoms with Crippen molar-refractivity contribution in [2.45, 2.75) is 40.5 Å². The number of carbonyl (C=O) groups is 2. The molecule has 1 saturated heterocycles. The molecule has 0 spiro atoms. The molecule has 0 aromatic heterocycles. The summed E-state index contributed by atoms with van der Waals surface area (Å²) < 4.78 is 0. The number of rotatable bonds is 5. The maximum Gasteiger partial charge on any atom is 0.269 e. The molecule has 1 aromatic carbocycles. The average molecular weight is 379 g/mol. The highest BCUT2D eigenvalue weighted by molar-refractivity contribution is 5.96. The molecule has 8 nitrogen and oxygen atoms in total. The highest BCUT2D eigenvalue weighted by atomic mass is 16.6. The summed E-state index contributed by atoms with van der Waals surface area (Å²) in [4.78, 5) is 36.1. The fourth-order valence-corrected chi connectivity index (χ4v) is 3.66. The van der Waals surface area contributed by atoms with Gasteiger partial charge in [0.05, 0.1) is 4.92 Å². The molecule has 8 heteroatoms. The monoisotopic (exact) mass is 379 g/mol. The number of carboxylic acids is 1. The zero-order valence-corrected chi connectivity index (χ0v) is 16.7. The van der Waals surface area contributed by atoms with Gasteiger partial charge < -0.3 is 21.0 Å². The summed E-state index contributed by atoms with van der Waals surface area (Å²) in [5.74, 6) is -1.55. The number of carbonyl (C=O) groups excluding carboxylic acids is 2. The second kappa shape index (κ2) is 8.47. The van der Waals surface area contributed by atoms with Crippen molar-refractivity contribution < 1.29 is 19.6 Å². The van der Waals surface area contributed by atoms with Gasteiger partial charge in [0.1, 0.15) is 0 Å².